The Bertz CT molecular complexity index is 271. The predicted octanol–water partition coefficient (Wildman–Crippen LogP) is 2.59. The van der Waals surface area contributed by atoms with E-state index < -0.39 is 0 Å². The van der Waals surface area contributed by atoms with Gasteiger partial charge in [-0.3, -0.25) is 0 Å². The van der Waals surface area contributed by atoms with Gasteiger partial charge >= 0.3 is 0 Å². The molecular formula is C17H35NO3. The highest BCUT2D eigenvalue weighted by Crippen LogP contribution is 2.38. The van der Waals surface area contributed by atoms with Crippen LogP contribution in [0.15, 0.2) is 0 Å². The number of hydrogen-bond acceptors (Lipinski definition) is 4. The lowest BCUT2D eigenvalue weighted by Crippen LogP contribution is -2.54. The maximum absolute atomic E-state index is 9.84. The first-order valence-electron chi connectivity index (χ1n) is 8.54. The third kappa shape index (κ3) is 6.64. The molecule has 2 unspecified atom stereocenters. The van der Waals surface area contributed by atoms with Crippen LogP contribution in [0.4, 0.5) is 0 Å². The Labute approximate surface area is 130 Å². The van der Waals surface area contributed by atoms with E-state index in [9.17, 15) is 5.11 Å². The molecule has 1 fully saturated rings. The van der Waals surface area contributed by atoms with E-state index >= 15 is 0 Å². The van der Waals surface area contributed by atoms with Gasteiger partial charge in [-0.2, -0.15) is 0 Å². The van der Waals surface area contributed by atoms with E-state index in [1.807, 2.05) is 0 Å². The standard InChI is InChI=1S/C17H35NO3/c1-14(2)12-21-11-10-20-9-7-16-6-5-8-17(16,13-19)18-15(3)4/h14-16,18-19H,5-13H2,1-4H3. The Morgan fingerprint density at radius 1 is 1.14 bits per heavy atom. The van der Waals surface area contributed by atoms with Crippen molar-refractivity contribution in [1.29, 1.82) is 0 Å². The molecule has 0 aromatic carbocycles. The monoisotopic (exact) mass is 301 g/mol. The van der Waals surface area contributed by atoms with Gasteiger partial charge in [0.25, 0.3) is 0 Å². The second-order valence-electron chi connectivity index (χ2n) is 7.07. The first-order chi connectivity index (χ1) is 10.00. The van der Waals surface area contributed by atoms with Gasteiger partial charge in [0.05, 0.1) is 19.8 Å². The van der Waals surface area contributed by atoms with Gasteiger partial charge < -0.3 is 19.9 Å². The lowest BCUT2D eigenvalue weighted by Gasteiger charge is -2.37. The number of aliphatic hydroxyl groups is 1. The summed E-state index contributed by atoms with van der Waals surface area (Å²) in [5, 5.41) is 13.4. The van der Waals surface area contributed by atoms with Crippen molar-refractivity contribution in [2.45, 2.75) is 65.0 Å². The zero-order valence-corrected chi connectivity index (χ0v) is 14.4. The second-order valence-corrected chi connectivity index (χ2v) is 7.07. The first-order valence-corrected chi connectivity index (χ1v) is 8.54. The van der Waals surface area contributed by atoms with Gasteiger partial charge in [0.1, 0.15) is 0 Å². The predicted molar refractivity (Wildman–Crippen MR) is 86.5 cm³/mol. The summed E-state index contributed by atoms with van der Waals surface area (Å²) < 4.78 is 11.2. The maximum atomic E-state index is 9.84. The summed E-state index contributed by atoms with van der Waals surface area (Å²) in [4.78, 5) is 0. The summed E-state index contributed by atoms with van der Waals surface area (Å²) in [6.45, 7) is 11.7. The number of rotatable bonds is 11. The molecule has 0 aliphatic heterocycles. The summed E-state index contributed by atoms with van der Waals surface area (Å²) in [6, 6.07) is 0.406. The van der Waals surface area contributed by atoms with Gasteiger partial charge in [0, 0.05) is 24.8 Å². The average molecular weight is 301 g/mol. The van der Waals surface area contributed by atoms with Crippen LogP contribution < -0.4 is 5.32 Å². The average Bonchev–Trinajstić information content (AvgIpc) is 2.80. The molecule has 0 heterocycles. The van der Waals surface area contributed by atoms with Crippen molar-refractivity contribution in [3.63, 3.8) is 0 Å². The molecule has 0 saturated heterocycles. The zero-order chi connectivity index (χ0) is 15.7. The smallest absolute Gasteiger partial charge is 0.0700 e. The SMILES string of the molecule is CC(C)COCCOCCC1CCCC1(CO)NC(C)C. The Morgan fingerprint density at radius 3 is 2.48 bits per heavy atom. The van der Waals surface area contributed by atoms with Crippen molar-refractivity contribution in [2.75, 3.05) is 33.0 Å². The molecular weight excluding hydrogens is 266 g/mol. The van der Waals surface area contributed by atoms with E-state index in [1.165, 1.54) is 12.8 Å². The fraction of sp³-hybridized carbons (Fsp3) is 1.00. The van der Waals surface area contributed by atoms with E-state index in [0.717, 1.165) is 26.1 Å². The first kappa shape index (κ1) is 18.9. The molecule has 0 aromatic rings. The highest BCUT2D eigenvalue weighted by atomic mass is 16.5. The largest absolute Gasteiger partial charge is 0.394 e. The van der Waals surface area contributed by atoms with Crippen LogP contribution in [-0.4, -0.2) is 49.7 Å². The van der Waals surface area contributed by atoms with E-state index in [4.69, 9.17) is 9.47 Å². The second kappa shape index (κ2) is 9.78. The van der Waals surface area contributed by atoms with Gasteiger partial charge in [0.2, 0.25) is 0 Å². The lowest BCUT2D eigenvalue weighted by atomic mass is 9.85. The molecule has 4 nitrogen and oxygen atoms in total. The van der Waals surface area contributed by atoms with Crippen LogP contribution in [0.5, 0.6) is 0 Å². The van der Waals surface area contributed by atoms with Gasteiger partial charge in [0.15, 0.2) is 0 Å². The van der Waals surface area contributed by atoms with Crippen molar-refractivity contribution in [3.05, 3.63) is 0 Å². The molecule has 126 valence electrons. The quantitative estimate of drug-likeness (QED) is 0.576. The van der Waals surface area contributed by atoms with Crippen LogP contribution in [0, 0.1) is 11.8 Å². The van der Waals surface area contributed by atoms with E-state index in [2.05, 4.69) is 33.0 Å². The Balaban J connectivity index is 2.21. The molecule has 4 heteroatoms. The third-order valence-electron chi connectivity index (χ3n) is 4.25. The Morgan fingerprint density at radius 2 is 1.86 bits per heavy atom. The van der Waals surface area contributed by atoms with Crippen LogP contribution in [-0.2, 0) is 9.47 Å². The number of aliphatic hydroxyl groups excluding tert-OH is 1. The van der Waals surface area contributed by atoms with Gasteiger partial charge in [-0.15, -0.1) is 0 Å². The van der Waals surface area contributed by atoms with Crippen LogP contribution in [0.1, 0.15) is 53.4 Å². The molecule has 0 bridgehead atoms. The number of nitrogens with one attached hydrogen (secondary N) is 1. The van der Waals surface area contributed by atoms with Crippen LogP contribution >= 0.6 is 0 Å². The summed E-state index contributed by atoms with van der Waals surface area (Å²) in [6.07, 6.45) is 4.48. The minimum Gasteiger partial charge on any atom is -0.394 e. The van der Waals surface area contributed by atoms with Crippen molar-refractivity contribution < 1.29 is 14.6 Å². The van der Waals surface area contributed by atoms with Gasteiger partial charge in [-0.25, -0.2) is 0 Å². The molecule has 0 spiro atoms. The molecule has 1 aliphatic carbocycles. The summed E-state index contributed by atoms with van der Waals surface area (Å²) in [5.41, 5.74) is -0.0916. The number of ether oxygens (including phenoxy) is 2. The zero-order valence-electron chi connectivity index (χ0n) is 14.4. The highest BCUT2D eigenvalue weighted by Gasteiger charge is 2.42. The molecule has 1 aliphatic rings. The molecule has 1 saturated carbocycles. The fourth-order valence-electron chi connectivity index (χ4n) is 3.35. The summed E-state index contributed by atoms with van der Waals surface area (Å²) >= 11 is 0. The van der Waals surface area contributed by atoms with E-state index in [-0.39, 0.29) is 12.1 Å². The van der Waals surface area contributed by atoms with Gasteiger partial charge in [-0.05, 0) is 31.1 Å². The lowest BCUT2D eigenvalue weighted by molar-refractivity contribution is 0.0260. The molecule has 0 aromatic heterocycles. The molecule has 0 radical (unpaired) electrons. The number of hydrogen-bond donors (Lipinski definition) is 2. The summed E-state index contributed by atoms with van der Waals surface area (Å²) in [7, 11) is 0. The van der Waals surface area contributed by atoms with Gasteiger partial charge in [-0.1, -0.05) is 34.1 Å². The van der Waals surface area contributed by atoms with Crippen molar-refractivity contribution >= 4 is 0 Å². The molecule has 2 N–H and O–H groups in total. The molecule has 21 heavy (non-hydrogen) atoms. The molecule has 0 amide bonds. The van der Waals surface area contributed by atoms with Crippen LogP contribution in [0.3, 0.4) is 0 Å². The van der Waals surface area contributed by atoms with Crippen LogP contribution in [0.2, 0.25) is 0 Å². The molecule has 1 rings (SSSR count). The molecule has 2 atom stereocenters. The maximum Gasteiger partial charge on any atom is 0.0700 e. The minimum absolute atomic E-state index is 0.0916. The minimum atomic E-state index is -0.0916. The Kier molecular flexibility index (Phi) is 8.79. The van der Waals surface area contributed by atoms with E-state index in [0.29, 0.717) is 31.1 Å². The van der Waals surface area contributed by atoms with Crippen molar-refractivity contribution in [1.82, 2.24) is 5.32 Å². The normalized spacial score (nSPS) is 26.1. The summed E-state index contributed by atoms with van der Waals surface area (Å²) in [5.74, 6) is 1.09. The highest BCUT2D eigenvalue weighted by molar-refractivity contribution is 4.99. The third-order valence-corrected chi connectivity index (χ3v) is 4.25. The van der Waals surface area contributed by atoms with Crippen molar-refractivity contribution in [2.24, 2.45) is 11.8 Å². The Hall–Kier alpha value is -0.160. The van der Waals surface area contributed by atoms with Crippen molar-refractivity contribution in [3.8, 4) is 0 Å². The fourth-order valence-corrected chi connectivity index (χ4v) is 3.35. The van der Waals surface area contributed by atoms with Crippen LogP contribution in [0.25, 0.3) is 0 Å². The topological polar surface area (TPSA) is 50.7 Å². The van der Waals surface area contributed by atoms with E-state index in [1.54, 1.807) is 0 Å².